The van der Waals surface area contributed by atoms with Crippen LogP contribution in [0.15, 0.2) is 48.5 Å². The first-order valence-electron chi connectivity index (χ1n) is 8.15. The molecule has 2 aromatic rings. The molecule has 0 saturated heterocycles. The zero-order valence-corrected chi connectivity index (χ0v) is 14.3. The quantitative estimate of drug-likeness (QED) is 0.744. The van der Waals surface area contributed by atoms with E-state index in [1.165, 1.54) is 6.07 Å². The van der Waals surface area contributed by atoms with Crippen molar-refractivity contribution in [1.82, 2.24) is 5.32 Å². The summed E-state index contributed by atoms with van der Waals surface area (Å²) in [5.74, 6) is -0.494. The highest BCUT2D eigenvalue weighted by Gasteiger charge is 2.07. The van der Waals surface area contributed by atoms with Gasteiger partial charge in [-0.2, -0.15) is 0 Å². The number of carbonyl (C=O) groups excluding carboxylic acids is 2. The van der Waals surface area contributed by atoms with E-state index in [9.17, 15) is 14.0 Å². The molecular weight excluding hydrogens is 321 g/mol. The lowest BCUT2D eigenvalue weighted by Crippen LogP contribution is -2.34. The number of hydrogen-bond donors (Lipinski definition) is 3. The Morgan fingerprint density at radius 1 is 0.960 bits per heavy atom. The van der Waals surface area contributed by atoms with Crippen LogP contribution in [0.25, 0.3) is 0 Å². The van der Waals surface area contributed by atoms with Crippen molar-refractivity contribution < 1.29 is 14.0 Å². The van der Waals surface area contributed by atoms with Crippen LogP contribution in [0.4, 0.5) is 20.6 Å². The summed E-state index contributed by atoms with van der Waals surface area (Å²) in [4.78, 5) is 23.6. The molecule has 0 aliphatic carbocycles. The Balaban J connectivity index is 1.83. The highest BCUT2D eigenvalue weighted by molar-refractivity contribution is 5.92. The molecule has 0 unspecified atom stereocenters. The van der Waals surface area contributed by atoms with Gasteiger partial charge in [0.2, 0.25) is 5.91 Å². The van der Waals surface area contributed by atoms with E-state index in [1.807, 2.05) is 13.8 Å². The van der Waals surface area contributed by atoms with Crippen LogP contribution >= 0.6 is 0 Å². The molecule has 132 valence electrons. The Morgan fingerprint density at radius 3 is 2.16 bits per heavy atom. The number of aryl methyl sites for hydroxylation is 1. The Labute approximate surface area is 146 Å². The van der Waals surface area contributed by atoms with Crippen molar-refractivity contribution in [3.63, 3.8) is 0 Å². The van der Waals surface area contributed by atoms with Gasteiger partial charge in [-0.1, -0.05) is 18.2 Å². The van der Waals surface area contributed by atoms with E-state index in [1.54, 1.807) is 42.5 Å². The van der Waals surface area contributed by atoms with Crippen molar-refractivity contribution in [1.29, 1.82) is 0 Å². The maximum Gasteiger partial charge on any atom is 0.319 e. The molecule has 5 nitrogen and oxygen atoms in total. The van der Waals surface area contributed by atoms with E-state index in [4.69, 9.17) is 0 Å². The fraction of sp³-hybridized carbons (Fsp3) is 0.263. The van der Waals surface area contributed by atoms with E-state index in [-0.39, 0.29) is 30.2 Å². The fourth-order valence-electron chi connectivity index (χ4n) is 2.24. The molecule has 0 atom stereocenters. The largest absolute Gasteiger partial charge is 0.336 e. The Hall–Kier alpha value is -2.89. The van der Waals surface area contributed by atoms with Gasteiger partial charge in [-0.15, -0.1) is 0 Å². The van der Waals surface area contributed by atoms with E-state index < -0.39 is 0 Å². The average molecular weight is 343 g/mol. The van der Waals surface area contributed by atoms with Gasteiger partial charge in [0.05, 0.1) is 0 Å². The summed E-state index contributed by atoms with van der Waals surface area (Å²) in [6.45, 7) is 3.75. The number of hydrogen-bond acceptors (Lipinski definition) is 2. The molecule has 2 aromatic carbocycles. The van der Waals surface area contributed by atoms with Gasteiger partial charge < -0.3 is 16.0 Å². The second kappa shape index (κ2) is 8.82. The molecule has 25 heavy (non-hydrogen) atoms. The van der Waals surface area contributed by atoms with E-state index in [0.29, 0.717) is 23.4 Å². The molecule has 3 N–H and O–H groups in total. The number of anilines is 2. The summed E-state index contributed by atoms with van der Waals surface area (Å²) in [5, 5.41) is 8.18. The Kier molecular flexibility index (Phi) is 6.51. The van der Waals surface area contributed by atoms with Crippen LogP contribution in [-0.4, -0.2) is 18.0 Å². The smallest absolute Gasteiger partial charge is 0.319 e. The predicted octanol–water partition coefficient (Wildman–Crippen LogP) is 3.93. The minimum Gasteiger partial charge on any atom is -0.336 e. The molecule has 0 heterocycles. The number of halogens is 1. The summed E-state index contributed by atoms with van der Waals surface area (Å²) in [5.41, 5.74) is 1.77. The van der Waals surface area contributed by atoms with Crippen molar-refractivity contribution in [3.05, 3.63) is 59.9 Å². The van der Waals surface area contributed by atoms with Crippen LogP contribution in [0.5, 0.6) is 0 Å². The predicted molar refractivity (Wildman–Crippen MR) is 97.1 cm³/mol. The maximum absolute atomic E-state index is 13.5. The lowest BCUT2D eigenvalue weighted by Gasteiger charge is -2.11. The molecule has 2 rings (SSSR count). The first kappa shape index (κ1) is 18.4. The SMILES string of the molecule is CC(C)NC(=O)Nc1ccc(NC(=O)CCc2ccccc2F)cc1. The van der Waals surface area contributed by atoms with Crippen LogP contribution in [0, 0.1) is 5.82 Å². The lowest BCUT2D eigenvalue weighted by molar-refractivity contribution is -0.116. The van der Waals surface area contributed by atoms with Crippen molar-refractivity contribution in [2.45, 2.75) is 32.7 Å². The van der Waals surface area contributed by atoms with Crippen LogP contribution in [0.1, 0.15) is 25.8 Å². The highest BCUT2D eigenvalue weighted by atomic mass is 19.1. The number of carbonyl (C=O) groups is 2. The summed E-state index contributed by atoms with van der Waals surface area (Å²) in [6, 6.07) is 13.0. The van der Waals surface area contributed by atoms with Crippen LogP contribution in [0.2, 0.25) is 0 Å². The van der Waals surface area contributed by atoms with Crippen molar-refractivity contribution in [2.24, 2.45) is 0 Å². The molecule has 0 bridgehead atoms. The van der Waals surface area contributed by atoms with Crippen molar-refractivity contribution >= 4 is 23.3 Å². The minimum absolute atomic E-state index is 0.0491. The van der Waals surface area contributed by atoms with Crippen molar-refractivity contribution in [2.75, 3.05) is 10.6 Å². The molecule has 0 fully saturated rings. The molecule has 0 aromatic heterocycles. The number of nitrogens with one attached hydrogen (secondary N) is 3. The summed E-state index contributed by atoms with van der Waals surface area (Å²) >= 11 is 0. The third-order valence-electron chi connectivity index (χ3n) is 3.43. The van der Waals surface area contributed by atoms with Gasteiger partial charge in [0, 0.05) is 23.8 Å². The molecule has 0 saturated carbocycles. The summed E-state index contributed by atoms with van der Waals surface area (Å²) in [7, 11) is 0. The zero-order valence-electron chi connectivity index (χ0n) is 14.3. The van der Waals surface area contributed by atoms with Crippen LogP contribution in [-0.2, 0) is 11.2 Å². The van der Waals surface area contributed by atoms with Gasteiger partial charge in [0.1, 0.15) is 5.82 Å². The third kappa shape index (κ3) is 6.25. The van der Waals surface area contributed by atoms with Gasteiger partial charge in [0.15, 0.2) is 0 Å². The van der Waals surface area contributed by atoms with Crippen LogP contribution in [0.3, 0.4) is 0 Å². The lowest BCUT2D eigenvalue weighted by atomic mass is 10.1. The maximum atomic E-state index is 13.5. The molecule has 0 spiro atoms. The second-order valence-corrected chi connectivity index (χ2v) is 5.97. The van der Waals surface area contributed by atoms with Gasteiger partial charge in [0.25, 0.3) is 0 Å². The summed E-state index contributed by atoms with van der Waals surface area (Å²) in [6.07, 6.45) is 0.533. The van der Waals surface area contributed by atoms with E-state index >= 15 is 0 Å². The average Bonchev–Trinajstić information content (AvgIpc) is 2.55. The fourth-order valence-corrected chi connectivity index (χ4v) is 2.24. The standard InChI is InChI=1S/C19H22FN3O2/c1-13(2)21-19(25)23-16-10-8-15(9-11-16)22-18(24)12-7-14-5-3-4-6-17(14)20/h3-6,8-11,13H,7,12H2,1-2H3,(H,22,24)(H2,21,23,25). The first-order valence-corrected chi connectivity index (χ1v) is 8.15. The minimum atomic E-state index is -0.301. The number of benzene rings is 2. The number of urea groups is 1. The molecule has 0 aliphatic rings. The molecule has 0 radical (unpaired) electrons. The van der Waals surface area contributed by atoms with Gasteiger partial charge in [-0.3, -0.25) is 4.79 Å². The first-order chi connectivity index (χ1) is 11.9. The Bertz CT molecular complexity index is 730. The topological polar surface area (TPSA) is 70.2 Å². The highest BCUT2D eigenvalue weighted by Crippen LogP contribution is 2.15. The number of amides is 3. The van der Waals surface area contributed by atoms with E-state index in [0.717, 1.165) is 0 Å². The molecular formula is C19H22FN3O2. The zero-order chi connectivity index (χ0) is 18.2. The second-order valence-electron chi connectivity index (χ2n) is 5.97. The monoisotopic (exact) mass is 343 g/mol. The normalized spacial score (nSPS) is 10.4. The van der Waals surface area contributed by atoms with Gasteiger partial charge in [-0.25, -0.2) is 9.18 Å². The summed E-state index contributed by atoms with van der Waals surface area (Å²) < 4.78 is 13.5. The van der Waals surface area contributed by atoms with Gasteiger partial charge in [-0.05, 0) is 56.2 Å². The van der Waals surface area contributed by atoms with Gasteiger partial charge >= 0.3 is 6.03 Å². The van der Waals surface area contributed by atoms with E-state index in [2.05, 4.69) is 16.0 Å². The Morgan fingerprint density at radius 2 is 1.56 bits per heavy atom. The number of rotatable bonds is 6. The van der Waals surface area contributed by atoms with Crippen LogP contribution < -0.4 is 16.0 Å². The molecule has 3 amide bonds. The molecule has 0 aliphatic heterocycles. The molecule has 6 heteroatoms. The van der Waals surface area contributed by atoms with Crippen molar-refractivity contribution in [3.8, 4) is 0 Å². The third-order valence-corrected chi connectivity index (χ3v) is 3.43.